The third kappa shape index (κ3) is 4.08. The van der Waals surface area contributed by atoms with E-state index in [2.05, 4.69) is 43.9 Å². The lowest BCUT2D eigenvalue weighted by Gasteiger charge is -2.21. The molecule has 114 valence electrons. The highest BCUT2D eigenvalue weighted by molar-refractivity contribution is 5.18. The van der Waals surface area contributed by atoms with E-state index in [0.29, 0.717) is 6.04 Å². The number of hydrogen-bond donors (Lipinski definition) is 1. The van der Waals surface area contributed by atoms with Crippen LogP contribution in [0.1, 0.15) is 83.5 Å². The molecule has 1 heterocycles. The molecule has 0 bridgehead atoms. The Hall–Kier alpha value is -0.830. The fourth-order valence-corrected chi connectivity index (χ4v) is 3.14. The molecule has 1 fully saturated rings. The second-order valence-electron chi connectivity index (χ2n) is 7.16. The lowest BCUT2D eigenvalue weighted by Crippen LogP contribution is -2.35. The summed E-state index contributed by atoms with van der Waals surface area (Å²) in [5.74, 6) is 0. The molecule has 0 amide bonds. The Morgan fingerprint density at radius 2 is 1.85 bits per heavy atom. The molecule has 1 aliphatic carbocycles. The maximum absolute atomic E-state index is 4.73. The molecule has 2 rings (SSSR count). The van der Waals surface area contributed by atoms with Crippen molar-refractivity contribution in [2.45, 2.75) is 90.8 Å². The summed E-state index contributed by atoms with van der Waals surface area (Å²) >= 11 is 0. The Morgan fingerprint density at radius 1 is 1.20 bits per heavy atom. The van der Waals surface area contributed by atoms with Crippen molar-refractivity contribution in [2.75, 3.05) is 0 Å². The first-order valence-electron chi connectivity index (χ1n) is 8.31. The molecule has 0 spiro atoms. The Balaban J connectivity index is 2.11. The average molecular weight is 277 g/mol. The van der Waals surface area contributed by atoms with E-state index in [0.717, 1.165) is 13.0 Å². The number of aromatic nitrogens is 2. The van der Waals surface area contributed by atoms with E-state index in [1.807, 2.05) is 0 Å². The minimum absolute atomic E-state index is 0.162. The van der Waals surface area contributed by atoms with E-state index in [9.17, 15) is 0 Å². The van der Waals surface area contributed by atoms with Gasteiger partial charge in [-0.25, -0.2) is 0 Å². The molecule has 20 heavy (non-hydrogen) atoms. The van der Waals surface area contributed by atoms with E-state index in [1.54, 1.807) is 0 Å². The van der Waals surface area contributed by atoms with Crippen molar-refractivity contribution >= 4 is 0 Å². The quantitative estimate of drug-likeness (QED) is 0.835. The number of nitrogens with zero attached hydrogens (tertiary/aromatic N) is 2. The zero-order valence-electron chi connectivity index (χ0n) is 13.7. The van der Waals surface area contributed by atoms with Crippen LogP contribution in [0.15, 0.2) is 6.20 Å². The van der Waals surface area contributed by atoms with Crippen LogP contribution in [0.5, 0.6) is 0 Å². The highest BCUT2D eigenvalue weighted by Crippen LogP contribution is 2.28. The van der Waals surface area contributed by atoms with Gasteiger partial charge < -0.3 is 5.32 Å². The van der Waals surface area contributed by atoms with Crippen molar-refractivity contribution in [1.29, 1.82) is 0 Å². The van der Waals surface area contributed by atoms with Gasteiger partial charge in [0, 0.05) is 23.3 Å². The Kier molecular flexibility index (Phi) is 5.25. The summed E-state index contributed by atoms with van der Waals surface area (Å²) in [6.45, 7) is 9.83. The lowest BCUT2D eigenvalue weighted by atomic mass is 10.1. The van der Waals surface area contributed by atoms with Crippen LogP contribution >= 0.6 is 0 Å². The Morgan fingerprint density at radius 3 is 2.40 bits per heavy atom. The van der Waals surface area contributed by atoms with Crippen molar-refractivity contribution in [3.05, 3.63) is 17.5 Å². The van der Waals surface area contributed by atoms with Crippen molar-refractivity contribution in [3.63, 3.8) is 0 Å². The molecule has 0 aromatic carbocycles. The van der Waals surface area contributed by atoms with Gasteiger partial charge in [0.05, 0.1) is 12.2 Å². The highest BCUT2D eigenvalue weighted by Gasteiger charge is 2.20. The van der Waals surface area contributed by atoms with Crippen LogP contribution in [0.3, 0.4) is 0 Å². The van der Waals surface area contributed by atoms with Gasteiger partial charge in [-0.05, 0) is 40.0 Å². The summed E-state index contributed by atoms with van der Waals surface area (Å²) in [5, 5.41) is 8.32. The lowest BCUT2D eigenvalue weighted by molar-refractivity contribution is 0.391. The maximum atomic E-state index is 4.73. The summed E-state index contributed by atoms with van der Waals surface area (Å²) in [6, 6.07) is 0.635. The third-order valence-corrected chi connectivity index (χ3v) is 4.30. The van der Waals surface area contributed by atoms with Crippen LogP contribution in [-0.4, -0.2) is 15.3 Å². The van der Waals surface area contributed by atoms with Crippen molar-refractivity contribution < 1.29 is 0 Å². The van der Waals surface area contributed by atoms with E-state index < -0.39 is 0 Å². The summed E-state index contributed by atoms with van der Waals surface area (Å²) in [6.07, 6.45) is 11.3. The minimum Gasteiger partial charge on any atom is -0.308 e. The summed E-state index contributed by atoms with van der Waals surface area (Å²) in [7, 11) is 0. The normalized spacial score (nSPS) is 18.2. The average Bonchev–Trinajstić information content (AvgIpc) is 2.60. The van der Waals surface area contributed by atoms with Gasteiger partial charge in [-0.2, -0.15) is 5.10 Å². The molecular formula is C17H31N3. The van der Waals surface area contributed by atoms with Crippen LogP contribution in [0, 0.1) is 0 Å². The second-order valence-corrected chi connectivity index (χ2v) is 7.16. The van der Waals surface area contributed by atoms with Gasteiger partial charge in [-0.15, -0.1) is 0 Å². The summed E-state index contributed by atoms with van der Waals surface area (Å²) < 4.78 is 2.34. The Labute approximate surface area is 124 Å². The first-order chi connectivity index (χ1) is 9.51. The molecule has 1 N–H and O–H groups in total. The van der Waals surface area contributed by atoms with Crippen molar-refractivity contribution in [1.82, 2.24) is 15.1 Å². The van der Waals surface area contributed by atoms with Gasteiger partial charge >= 0.3 is 0 Å². The smallest absolute Gasteiger partial charge is 0.0537 e. The van der Waals surface area contributed by atoms with E-state index in [4.69, 9.17) is 5.10 Å². The van der Waals surface area contributed by atoms with Crippen molar-refractivity contribution in [3.8, 4) is 0 Å². The Bertz CT molecular complexity index is 406. The molecule has 0 saturated heterocycles. The van der Waals surface area contributed by atoms with Crippen LogP contribution in [-0.2, 0) is 13.0 Å². The number of nitrogens with one attached hydrogen (secondary N) is 1. The molecule has 1 aliphatic rings. The zero-order valence-corrected chi connectivity index (χ0v) is 13.7. The predicted molar refractivity (Wildman–Crippen MR) is 84.9 cm³/mol. The van der Waals surface area contributed by atoms with Gasteiger partial charge in [0.2, 0.25) is 0 Å². The van der Waals surface area contributed by atoms with E-state index >= 15 is 0 Å². The van der Waals surface area contributed by atoms with E-state index in [1.165, 1.54) is 49.8 Å². The molecule has 0 unspecified atom stereocenters. The van der Waals surface area contributed by atoms with Crippen LogP contribution in [0.4, 0.5) is 0 Å². The van der Waals surface area contributed by atoms with Gasteiger partial charge in [-0.1, -0.05) is 32.6 Å². The van der Waals surface area contributed by atoms with Crippen LogP contribution < -0.4 is 5.32 Å². The first kappa shape index (κ1) is 15.6. The molecule has 1 aromatic heterocycles. The van der Waals surface area contributed by atoms with E-state index in [-0.39, 0.29) is 5.54 Å². The summed E-state index contributed by atoms with van der Waals surface area (Å²) in [5.41, 5.74) is 2.98. The second kappa shape index (κ2) is 6.75. The third-order valence-electron chi connectivity index (χ3n) is 4.30. The van der Waals surface area contributed by atoms with Gasteiger partial charge in [0.15, 0.2) is 0 Å². The molecule has 1 aromatic rings. The summed E-state index contributed by atoms with van der Waals surface area (Å²) in [4.78, 5) is 0. The highest BCUT2D eigenvalue weighted by atomic mass is 15.3. The maximum Gasteiger partial charge on any atom is 0.0537 e. The zero-order chi connectivity index (χ0) is 14.6. The molecular weight excluding hydrogens is 246 g/mol. The number of hydrogen-bond acceptors (Lipinski definition) is 2. The fourth-order valence-electron chi connectivity index (χ4n) is 3.14. The van der Waals surface area contributed by atoms with Gasteiger partial charge in [0.1, 0.15) is 0 Å². The predicted octanol–water partition coefficient (Wildman–Crippen LogP) is 4.23. The first-order valence-corrected chi connectivity index (χ1v) is 8.31. The number of rotatable bonds is 4. The fraction of sp³-hybridized carbons (Fsp3) is 0.824. The molecule has 0 atom stereocenters. The van der Waals surface area contributed by atoms with Crippen molar-refractivity contribution in [2.24, 2.45) is 0 Å². The van der Waals surface area contributed by atoms with Gasteiger partial charge in [0.25, 0.3) is 0 Å². The largest absolute Gasteiger partial charge is 0.308 e. The molecule has 3 nitrogen and oxygen atoms in total. The topological polar surface area (TPSA) is 29.9 Å². The molecule has 0 radical (unpaired) electrons. The standard InChI is InChI=1S/C17H31N3/c1-5-16-14(12-18-17(2,3)4)13-19-20(16)15-10-8-6-7-9-11-15/h13,15,18H,5-12H2,1-4H3. The SMILES string of the molecule is CCc1c(CNC(C)(C)C)cnn1C1CCCCCC1. The van der Waals surface area contributed by atoms with Gasteiger partial charge in [-0.3, -0.25) is 4.68 Å². The monoisotopic (exact) mass is 277 g/mol. The molecule has 1 saturated carbocycles. The molecule has 0 aliphatic heterocycles. The van der Waals surface area contributed by atoms with Crippen LogP contribution in [0.2, 0.25) is 0 Å². The molecule has 3 heteroatoms. The van der Waals surface area contributed by atoms with Crippen LogP contribution in [0.25, 0.3) is 0 Å². The minimum atomic E-state index is 0.162.